The van der Waals surface area contributed by atoms with Gasteiger partial charge >= 0.3 is 0 Å². The van der Waals surface area contributed by atoms with E-state index >= 15 is 0 Å². The summed E-state index contributed by atoms with van der Waals surface area (Å²) < 4.78 is 10.9. The van der Waals surface area contributed by atoms with Crippen molar-refractivity contribution in [3.63, 3.8) is 0 Å². The summed E-state index contributed by atoms with van der Waals surface area (Å²) in [5.74, 6) is 1.28. The average molecular weight is 395 g/mol. The smallest absolute Gasteiger partial charge is 0.277 e. The Morgan fingerprint density at radius 1 is 1.14 bits per heavy atom. The molecule has 6 nitrogen and oxygen atoms in total. The molecule has 0 saturated heterocycles. The third-order valence-electron chi connectivity index (χ3n) is 4.81. The fourth-order valence-electron chi connectivity index (χ4n) is 3.25. The van der Waals surface area contributed by atoms with Gasteiger partial charge in [-0.25, -0.2) is 0 Å². The fourth-order valence-corrected chi connectivity index (χ4v) is 4.02. The lowest BCUT2D eigenvalue weighted by Gasteiger charge is -2.30. The normalized spacial score (nSPS) is 14.4. The van der Waals surface area contributed by atoms with E-state index in [-0.39, 0.29) is 11.2 Å². The summed E-state index contributed by atoms with van der Waals surface area (Å²) in [5.41, 5.74) is 3.36. The molecular formula is C21H21N3O3S. The number of ether oxygens (including phenoxy) is 1. The molecule has 2 aromatic carbocycles. The minimum atomic E-state index is -0.297. The number of hydrogen-bond donors (Lipinski definition) is 0. The molecule has 0 spiro atoms. The highest BCUT2D eigenvalue weighted by atomic mass is 32.2. The van der Waals surface area contributed by atoms with E-state index in [2.05, 4.69) is 22.3 Å². The number of nitrogens with zero attached hydrogens (tertiary/aromatic N) is 3. The number of benzene rings is 2. The van der Waals surface area contributed by atoms with Gasteiger partial charge in [-0.05, 0) is 48.7 Å². The first-order valence-corrected chi connectivity index (χ1v) is 10.0. The Hall–Kier alpha value is -2.80. The Kier molecular flexibility index (Phi) is 5.34. The number of amides is 1. The quantitative estimate of drug-likeness (QED) is 0.612. The van der Waals surface area contributed by atoms with Crippen LogP contribution >= 0.6 is 11.8 Å². The van der Waals surface area contributed by atoms with Crippen molar-refractivity contribution >= 4 is 17.7 Å². The standard InChI is InChI=1S/C21H21N3O3S/c1-14(20(25)24-12-11-15-5-3-4-6-17(15)13-24)28-21-23-22-19(27-21)16-7-9-18(26-2)10-8-16/h3-10,14H,11-13H2,1-2H3/t14-/m0/s1. The molecule has 1 aliphatic rings. The zero-order valence-corrected chi connectivity index (χ0v) is 16.6. The lowest BCUT2D eigenvalue weighted by Crippen LogP contribution is -2.40. The highest BCUT2D eigenvalue weighted by Gasteiger charge is 2.26. The molecule has 144 valence electrons. The zero-order valence-electron chi connectivity index (χ0n) is 15.8. The molecule has 0 saturated carbocycles. The lowest BCUT2D eigenvalue weighted by molar-refractivity contribution is -0.131. The van der Waals surface area contributed by atoms with Crippen LogP contribution in [-0.2, 0) is 17.8 Å². The molecular weight excluding hydrogens is 374 g/mol. The van der Waals surface area contributed by atoms with E-state index in [4.69, 9.17) is 9.15 Å². The summed E-state index contributed by atoms with van der Waals surface area (Å²) in [6.45, 7) is 3.27. The van der Waals surface area contributed by atoms with E-state index in [0.29, 0.717) is 17.7 Å². The molecule has 0 fully saturated rings. The number of hydrogen-bond acceptors (Lipinski definition) is 6. The number of thioether (sulfide) groups is 1. The molecule has 2 heterocycles. The molecule has 1 aromatic heterocycles. The Bertz CT molecular complexity index is 971. The molecule has 28 heavy (non-hydrogen) atoms. The molecule has 7 heteroatoms. The number of carbonyl (C=O) groups is 1. The monoisotopic (exact) mass is 395 g/mol. The van der Waals surface area contributed by atoms with Crippen molar-refractivity contribution in [2.24, 2.45) is 0 Å². The third-order valence-corrected chi connectivity index (χ3v) is 5.73. The molecule has 4 rings (SSSR count). The van der Waals surface area contributed by atoms with Crippen molar-refractivity contribution in [3.05, 3.63) is 59.7 Å². The van der Waals surface area contributed by atoms with Crippen LogP contribution in [0.2, 0.25) is 0 Å². The van der Waals surface area contributed by atoms with Crippen LogP contribution in [0.3, 0.4) is 0 Å². The van der Waals surface area contributed by atoms with Gasteiger partial charge in [0.05, 0.1) is 12.4 Å². The van der Waals surface area contributed by atoms with Crippen molar-refractivity contribution < 1.29 is 13.9 Å². The van der Waals surface area contributed by atoms with Crippen molar-refractivity contribution in [3.8, 4) is 17.2 Å². The summed E-state index contributed by atoms with van der Waals surface area (Å²) in [5, 5.41) is 8.27. The van der Waals surface area contributed by atoms with Crippen LogP contribution < -0.4 is 4.74 Å². The van der Waals surface area contributed by atoms with E-state index in [1.165, 1.54) is 22.9 Å². The average Bonchev–Trinajstić information content (AvgIpc) is 3.21. The van der Waals surface area contributed by atoms with Gasteiger partial charge < -0.3 is 14.1 Å². The van der Waals surface area contributed by atoms with E-state index in [1.807, 2.05) is 48.2 Å². The number of carbonyl (C=O) groups excluding carboxylic acids is 1. The molecule has 0 radical (unpaired) electrons. The first kappa shape index (κ1) is 18.6. The molecule has 1 aliphatic heterocycles. The number of aromatic nitrogens is 2. The van der Waals surface area contributed by atoms with Crippen LogP contribution in [0.4, 0.5) is 0 Å². The van der Waals surface area contributed by atoms with Crippen LogP contribution in [0.25, 0.3) is 11.5 Å². The van der Waals surface area contributed by atoms with Gasteiger partial charge in [-0.1, -0.05) is 36.0 Å². The van der Waals surface area contributed by atoms with Gasteiger partial charge in [-0.3, -0.25) is 4.79 Å². The topological polar surface area (TPSA) is 68.5 Å². The van der Waals surface area contributed by atoms with Crippen molar-refractivity contribution in [2.45, 2.75) is 30.4 Å². The summed E-state index contributed by atoms with van der Waals surface area (Å²) in [7, 11) is 1.62. The second-order valence-corrected chi connectivity index (χ2v) is 7.93. The van der Waals surface area contributed by atoms with Gasteiger partial charge in [0.2, 0.25) is 11.8 Å². The Morgan fingerprint density at radius 2 is 1.89 bits per heavy atom. The highest BCUT2D eigenvalue weighted by Crippen LogP contribution is 2.29. The van der Waals surface area contributed by atoms with E-state index in [1.54, 1.807) is 7.11 Å². The minimum absolute atomic E-state index is 0.0868. The van der Waals surface area contributed by atoms with Gasteiger partial charge in [-0.2, -0.15) is 0 Å². The van der Waals surface area contributed by atoms with Gasteiger partial charge in [0.25, 0.3) is 5.22 Å². The second kappa shape index (κ2) is 8.06. The van der Waals surface area contributed by atoms with Gasteiger partial charge in [0.15, 0.2) is 0 Å². The van der Waals surface area contributed by atoms with Crippen LogP contribution in [-0.4, -0.2) is 39.9 Å². The molecule has 3 aromatic rings. The maximum atomic E-state index is 12.9. The Balaban J connectivity index is 1.40. The van der Waals surface area contributed by atoms with Crippen molar-refractivity contribution in [2.75, 3.05) is 13.7 Å². The fraction of sp³-hybridized carbons (Fsp3) is 0.286. The predicted molar refractivity (Wildman–Crippen MR) is 107 cm³/mol. The summed E-state index contributed by atoms with van der Waals surface area (Å²) in [6.07, 6.45) is 0.890. The maximum absolute atomic E-state index is 12.9. The van der Waals surface area contributed by atoms with E-state index < -0.39 is 0 Å². The molecule has 0 unspecified atom stereocenters. The predicted octanol–water partition coefficient (Wildman–Crippen LogP) is 3.81. The lowest BCUT2D eigenvalue weighted by atomic mass is 10.00. The summed E-state index contributed by atoms with van der Waals surface area (Å²) >= 11 is 1.29. The summed E-state index contributed by atoms with van der Waals surface area (Å²) in [4.78, 5) is 14.8. The molecule has 1 atom stereocenters. The van der Waals surface area contributed by atoms with Crippen LogP contribution in [0.5, 0.6) is 5.75 Å². The maximum Gasteiger partial charge on any atom is 0.277 e. The minimum Gasteiger partial charge on any atom is -0.497 e. The van der Waals surface area contributed by atoms with Crippen LogP contribution in [0, 0.1) is 0 Å². The molecule has 1 amide bonds. The first-order chi connectivity index (χ1) is 13.6. The molecule has 0 aliphatic carbocycles. The van der Waals surface area contributed by atoms with Crippen molar-refractivity contribution in [1.82, 2.24) is 15.1 Å². The Morgan fingerprint density at radius 3 is 2.64 bits per heavy atom. The third kappa shape index (κ3) is 3.89. The summed E-state index contributed by atoms with van der Waals surface area (Å²) in [6, 6.07) is 15.7. The van der Waals surface area contributed by atoms with Crippen LogP contribution in [0.15, 0.2) is 58.2 Å². The van der Waals surface area contributed by atoms with Gasteiger partial charge in [0.1, 0.15) is 5.75 Å². The SMILES string of the molecule is COc1ccc(-c2nnc(S[C@@H](C)C(=O)N3CCc4ccccc4C3)o2)cc1. The first-order valence-electron chi connectivity index (χ1n) is 9.14. The number of methoxy groups -OCH3 is 1. The Labute approximate surface area is 167 Å². The van der Waals surface area contributed by atoms with E-state index in [9.17, 15) is 4.79 Å². The highest BCUT2D eigenvalue weighted by molar-refractivity contribution is 8.00. The van der Waals surface area contributed by atoms with Gasteiger partial charge in [0, 0.05) is 18.7 Å². The number of rotatable bonds is 5. The second-order valence-electron chi connectivity index (χ2n) is 6.64. The van der Waals surface area contributed by atoms with Gasteiger partial charge in [-0.15, -0.1) is 10.2 Å². The van der Waals surface area contributed by atoms with Crippen molar-refractivity contribution in [1.29, 1.82) is 0 Å². The molecule has 0 N–H and O–H groups in total. The largest absolute Gasteiger partial charge is 0.497 e. The van der Waals surface area contributed by atoms with Crippen LogP contribution in [0.1, 0.15) is 18.1 Å². The number of fused-ring (bicyclic) bond motifs is 1. The zero-order chi connectivity index (χ0) is 19.5. The molecule has 0 bridgehead atoms. The van der Waals surface area contributed by atoms with E-state index in [0.717, 1.165) is 24.3 Å².